The van der Waals surface area contributed by atoms with Gasteiger partial charge in [0, 0.05) is 11.3 Å². The van der Waals surface area contributed by atoms with Crippen molar-refractivity contribution in [3.63, 3.8) is 0 Å². The van der Waals surface area contributed by atoms with Gasteiger partial charge < -0.3 is 14.8 Å². The largest absolute Gasteiger partial charge is 0.490 e. The molecule has 3 aromatic rings. The number of benzene rings is 3. The summed E-state index contributed by atoms with van der Waals surface area (Å²) in [5, 5.41) is 2.76. The minimum atomic E-state index is -0.355. The fraction of sp³-hybridized carbons (Fsp3) is 0.174. The zero-order valence-electron chi connectivity index (χ0n) is 16.2. The van der Waals surface area contributed by atoms with Gasteiger partial charge in [-0.15, -0.1) is 0 Å². The average Bonchev–Trinajstić information content (AvgIpc) is 2.70. The van der Waals surface area contributed by atoms with Crippen molar-refractivity contribution >= 4 is 34.2 Å². The molecule has 29 heavy (non-hydrogen) atoms. The number of rotatable bonds is 7. The van der Waals surface area contributed by atoms with Gasteiger partial charge in [-0.05, 0) is 78.4 Å². The molecule has 0 aromatic heterocycles. The van der Waals surface area contributed by atoms with Crippen LogP contribution in [0.2, 0.25) is 0 Å². The van der Waals surface area contributed by atoms with Crippen molar-refractivity contribution in [3.8, 4) is 11.5 Å². The Hall–Kier alpha value is -2.61. The van der Waals surface area contributed by atoms with E-state index in [4.69, 9.17) is 9.47 Å². The standard InChI is InChI=1S/C23H21FINO3/c1-3-28-21-13-17(23(27)26-19-10-8-18(24)9-11-19)12-20(25)22(21)29-14-16-6-4-15(2)5-7-16/h4-13H,3,14H2,1-2H3,(H,26,27). The van der Waals surface area contributed by atoms with Gasteiger partial charge >= 0.3 is 0 Å². The van der Waals surface area contributed by atoms with Crippen molar-refractivity contribution in [1.82, 2.24) is 0 Å². The van der Waals surface area contributed by atoms with Crippen molar-refractivity contribution in [2.24, 2.45) is 0 Å². The SMILES string of the molecule is CCOc1cc(C(=O)Nc2ccc(F)cc2)cc(I)c1OCc1ccc(C)cc1. The Kier molecular flexibility index (Phi) is 7.09. The van der Waals surface area contributed by atoms with Crippen LogP contribution in [0.3, 0.4) is 0 Å². The van der Waals surface area contributed by atoms with Crippen LogP contribution in [0, 0.1) is 16.3 Å². The quantitative estimate of drug-likeness (QED) is 0.403. The second-order valence-corrected chi connectivity index (χ2v) is 7.62. The molecule has 0 radical (unpaired) electrons. The number of nitrogens with one attached hydrogen (secondary N) is 1. The molecule has 0 fully saturated rings. The molecule has 0 aliphatic rings. The van der Waals surface area contributed by atoms with E-state index in [1.54, 1.807) is 12.1 Å². The molecule has 3 aromatic carbocycles. The maximum atomic E-state index is 13.1. The number of carbonyl (C=O) groups excluding carboxylic acids is 1. The molecular weight excluding hydrogens is 484 g/mol. The van der Waals surface area contributed by atoms with Crippen molar-refractivity contribution < 1.29 is 18.7 Å². The van der Waals surface area contributed by atoms with Crippen LogP contribution >= 0.6 is 22.6 Å². The molecule has 0 spiro atoms. The molecule has 0 bridgehead atoms. The Morgan fingerprint density at radius 2 is 1.72 bits per heavy atom. The summed E-state index contributed by atoms with van der Waals surface area (Å²) in [4.78, 5) is 12.6. The van der Waals surface area contributed by atoms with Gasteiger partial charge in [0.05, 0.1) is 10.2 Å². The van der Waals surface area contributed by atoms with Gasteiger partial charge in [0.1, 0.15) is 12.4 Å². The zero-order chi connectivity index (χ0) is 20.8. The summed E-state index contributed by atoms with van der Waals surface area (Å²) in [7, 11) is 0. The molecule has 0 atom stereocenters. The average molecular weight is 505 g/mol. The Labute approximate surface area is 183 Å². The molecule has 3 rings (SSSR count). The van der Waals surface area contributed by atoms with E-state index < -0.39 is 0 Å². The molecule has 150 valence electrons. The second-order valence-electron chi connectivity index (χ2n) is 6.45. The van der Waals surface area contributed by atoms with E-state index in [9.17, 15) is 9.18 Å². The minimum absolute atomic E-state index is 0.305. The Balaban J connectivity index is 1.80. The first-order chi connectivity index (χ1) is 14.0. The number of aryl methyl sites for hydroxylation is 1. The lowest BCUT2D eigenvalue weighted by Gasteiger charge is -2.16. The van der Waals surface area contributed by atoms with Crippen LogP contribution in [0.1, 0.15) is 28.4 Å². The van der Waals surface area contributed by atoms with Crippen LogP contribution in [0.5, 0.6) is 11.5 Å². The van der Waals surface area contributed by atoms with Gasteiger partial charge in [0.2, 0.25) is 0 Å². The summed E-state index contributed by atoms with van der Waals surface area (Å²) in [6.07, 6.45) is 0. The van der Waals surface area contributed by atoms with Crippen LogP contribution in [0.15, 0.2) is 60.7 Å². The highest BCUT2D eigenvalue weighted by molar-refractivity contribution is 14.1. The Morgan fingerprint density at radius 1 is 1.03 bits per heavy atom. The van der Waals surface area contributed by atoms with Crippen molar-refractivity contribution in [3.05, 3.63) is 86.7 Å². The number of hydrogen-bond acceptors (Lipinski definition) is 3. The number of halogens is 2. The van der Waals surface area contributed by atoms with E-state index in [1.807, 2.05) is 38.1 Å². The smallest absolute Gasteiger partial charge is 0.255 e. The van der Waals surface area contributed by atoms with Gasteiger partial charge in [-0.25, -0.2) is 4.39 Å². The highest BCUT2D eigenvalue weighted by Gasteiger charge is 2.16. The second kappa shape index (κ2) is 9.73. The Bertz CT molecular complexity index is 988. The van der Waals surface area contributed by atoms with Gasteiger partial charge in [-0.3, -0.25) is 4.79 Å². The highest BCUT2D eigenvalue weighted by Crippen LogP contribution is 2.35. The van der Waals surface area contributed by atoms with Crippen molar-refractivity contribution in [2.75, 3.05) is 11.9 Å². The van der Waals surface area contributed by atoms with Crippen LogP contribution in [0.4, 0.5) is 10.1 Å². The van der Waals surface area contributed by atoms with Crippen molar-refractivity contribution in [1.29, 1.82) is 0 Å². The molecule has 0 aliphatic carbocycles. The van der Waals surface area contributed by atoms with Crippen LogP contribution in [-0.2, 0) is 6.61 Å². The summed E-state index contributed by atoms with van der Waals surface area (Å²) in [6, 6.07) is 17.1. The fourth-order valence-corrected chi connectivity index (χ4v) is 3.44. The molecule has 1 N–H and O–H groups in total. The first kappa shape index (κ1) is 21.1. The summed E-state index contributed by atoms with van der Waals surface area (Å²) in [5.41, 5.74) is 3.19. The van der Waals surface area contributed by atoms with E-state index >= 15 is 0 Å². The molecule has 4 nitrogen and oxygen atoms in total. The molecule has 0 saturated carbocycles. The third kappa shape index (κ3) is 5.69. The number of hydrogen-bond donors (Lipinski definition) is 1. The summed E-state index contributed by atoms with van der Waals surface area (Å²) in [6.45, 7) is 4.76. The number of ether oxygens (including phenoxy) is 2. The molecule has 1 amide bonds. The van der Waals surface area contributed by atoms with Gasteiger partial charge in [-0.2, -0.15) is 0 Å². The molecule has 0 unspecified atom stereocenters. The van der Waals surface area contributed by atoms with E-state index in [2.05, 4.69) is 27.9 Å². The normalized spacial score (nSPS) is 10.5. The zero-order valence-corrected chi connectivity index (χ0v) is 18.3. The summed E-state index contributed by atoms with van der Waals surface area (Å²) < 4.78 is 25.6. The maximum Gasteiger partial charge on any atom is 0.255 e. The third-order valence-electron chi connectivity index (χ3n) is 4.18. The van der Waals surface area contributed by atoms with Crippen LogP contribution in [-0.4, -0.2) is 12.5 Å². The van der Waals surface area contributed by atoms with Gasteiger partial charge in [-0.1, -0.05) is 29.8 Å². The topological polar surface area (TPSA) is 47.6 Å². The van der Waals surface area contributed by atoms with Crippen molar-refractivity contribution in [2.45, 2.75) is 20.5 Å². The van der Waals surface area contributed by atoms with E-state index in [0.29, 0.717) is 36.0 Å². The number of carbonyl (C=O) groups is 1. The van der Waals surface area contributed by atoms with E-state index in [-0.39, 0.29) is 11.7 Å². The minimum Gasteiger partial charge on any atom is -0.490 e. The molecule has 0 saturated heterocycles. The van der Waals surface area contributed by atoms with Crippen LogP contribution < -0.4 is 14.8 Å². The Morgan fingerprint density at radius 3 is 2.38 bits per heavy atom. The van der Waals surface area contributed by atoms with Crippen LogP contribution in [0.25, 0.3) is 0 Å². The third-order valence-corrected chi connectivity index (χ3v) is 4.98. The molecular formula is C23H21FINO3. The molecule has 0 aliphatic heterocycles. The summed E-state index contributed by atoms with van der Waals surface area (Å²) >= 11 is 2.13. The number of amides is 1. The van der Waals surface area contributed by atoms with E-state index in [0.717, 1.165) is 9.13 Å². The molecule has 6 heteroatoms. The predicted octanol–water partition coefficient (Wildman–Crippen LogP) is 5.97. The number of anilines is 1. The molecule has 0 heterocycles. The van der Waals surface area contributed by atoms with E-state index in [1.165, 1.54) is 29.8 Å². The lowest BCUT2D eigenvalue weighted by molar-refractivity contribution is 0.102. The predicted molar refractivity (Wildman–Crippen MR) is 120 cm³/mol. The monoisotopic (exact) mass is 505 g/mol. The lowest BCUT2D eigenvalue weighted by Crippen LogP contribution is -2.13. The fourth-order valence-electron chi connectivity index (χ4n) is 2.68. The van der Waals surface area contributed by atoms with Gasteiger partial charge in [0.15, 0.2) is 11.5 Å². The van der Waals surface area contributed by atoms with Gasteiger partial charge in [0.25, 0.3) is 5.91 Å². The first-order valence-electron chi connectivity index (χ1n) is 9.18. The highest BCUT2D eigenvalue weighted by atomic mass is 127. The first-order valence-corrected chi connectivity index (χ1v) is 10.3. The lowest BCUT2D eigenvalue weighted by atomic mass is 10.1. The maximum absolute atomic E-state index is 13.1. The summed E-state index contributed by atoms with van der Waals surface area (Å²) in [5.74, 6) is 0.453.